The highest BCUT2D eigenvalue weighted by atomic mass is 16.5. The number of carbonyl (C=O) groups is 2. The van der Waals surface area contributed by atoms with Gasteiger partial charge < -0.3 is 15.2 Å². The van der Waals surface area contributed by atoms with Gasteiger partial charge in [-0.2, -0.15) is 0 Å². The first-order chi connectivity index (χ1) is 6.49. The maximum Gasteiger partial charge on any atom is 0.332 e. The highest BCUT2D eigenvalue weighted by molar-refractivity contribution is 5.81. The minimum absolute atomic E-state index is 0.105. The first-order valence-corrected chi connectivity index (χ1v) is 4.08. The number of terminal acetylenes is 1. The number of ether oxygens (including phenoxy) is 1. The molecule has 0 heterocycles. The van der Waals surface area contributed by atoms with E-state index in [4.69, 9.17) is 16.3 Å². The molecule has 0 aliphatic carbocycles. The lowest BCUT2D eigenvalue weighted by Gasteiger charge is -2.14. The quantitative estimate of drug-likeness (QED) is 0.591. The molecule has 5 heteroatoms. The molecular formula is C9H13NO4. The van der Waals surface area contributed by atoms with Crippen LogP contribution in [0.4, 0.5) is 0 Å². The largest absolute Gasteiger partial charge is 0.479 e. The van der Waals surface area contributed by atoms with Crippen LogP contribution in [0, 0.1) is 12.3 Å². The normalized spacial score (nSPS) is 13.8. The van der Waals surface area contributed by atoms with Crippen molar-refractivity contribution in [2.24, 2.45) is 0 Å². The van der Waals surface area contributed by atoms with E-state index in [1.165, 1.54) is 13.8 Å². The van der Waals surface area contributed by atoms with Crippen LogP contribution in [0.1, 0.15) is 13.8 Å². The van der Waals surface area contributed by atoms with Crippen molar-refractivity contribution in [3.63, 3.8) is 0 Å². The Hall–Kier alpha value is -1.54. The molecule has 0 bridgehead atoms. The van der Waals surface area contributed by atoms with Crippen molar-refractivity contribution in [3.05, 3.63) is 0 Å². The van der Waals surface area contributed by atoms with Gasteiger partial charge in [-0.3, -0.25) is 4.79 Å². The number of hydrogen-bond donors (Lipinski definition) is 2. The van der Waals surface area contributed by atoms with Crippen LogP contribution in [0.25, 0.3) is 0 Å². The molecule has 14 heavy (non-hydrogen) atoms. The average Bonchev–Trinajstić information content (AvgIpc) is 2.13. The number of amides is 1. The zero-order chi connectivity index (χ0) is 11.1. The molecule has 0 fully saturated rings. The van der Waals surface area contributed by atoms with Gasteiger partial charge >= 0.3 is 5.97 Å². The van der Waals surface area contributed by atoms with Crippen molar-refractivity contribution in [3.8, 4) is 12.3 Å². The second-order valence-electron chi connectivity index (χ2n) is 2.68. The van der Waals surface area contributed by atoms with Gasteiger partial charge in [0.15, 0.2) is 6.10 Å². The molecule has 0 rings (SSSR count). The van der Waals surface area contributed by atoms with E-state index in [0.29, 0.717) is 0 Å². The summed E-state index contributed by atoms with van der Waals surface area (Å²) in [6, 6.07) is 0. The molecule has 0 aromatic carbocycles. The van der Waals surface area contributed by atoms with Crippen molar-refractivity contribution < 1.29 is 19.4 Å². The summed E-state index contributed by atoms with van der Waals surface area (Å²) in [5, 5.41) is 10.9. The zero-order valence-corrected chi connectivity index (χ0v) is 8.11. The molecule has 78 valence electrons. The van der Waals surface area contributed by atoms with Gasteiger partial charge in [0.1, 0.15) is 6.10 Å². The van der Waals surface area contributed by atoms with Gasteiger partial charge in [0.05, 0.1) is 6.54 Å². The maximum absolute atomic E-state index is 11.1. The lowest BCUT2D eigenvalue weighted by Crippen LogP contribution is -2.38. The Kier molecular flexibility index (Phi) is 5.34. The third kappa shape index (κ3) is 4.48. The number of aliphatic carboxylic acids is 1. The molecule has 0 aliphatic rings. The lowest BCUT2D eigenvalue weighted by atomic mass is 10.3. The summed E-state index contributed by atoms with van der Waals surface area (Å²) in [6.07, 6.45) is 3.09. The van der Waals surface area contributed by atoms with E-state index < -0.39 is 24.1 Å². The number of nitrogens with one attached hydrogen (secondary N) is 1. The molecule has 2 N–H and O–H groups in total. The third-order valence-electron chi connectivity index (χ3n) is 1.49. The topological polar surface area (TPSA) is 75.6 Å². The average molecular weight is 199 g/mol. The molecule has 0 aromatic heterocycles. The van der Waals surface area contributed by atoms with Crippen LogP contribution in [0.3, 0.4) is 0 Å². The highest BCUT2D eigenvalue weighted by Gasteiger charge is 2.19. The molecule has 0 saturated carbocycles. The van der Waals surface area contributed by atoms with Crippen molar-refractivity contribution in [2.45, 2.75) is 26.1 Å². The fourth-order valence-corrected chi connectivity index (χ4v) is 0.708. The van der Waals surface area contributed by atoms with Gasteiger partial charge in [-0.15, -0.1) is 6.42 Å². The minimum atomic E-state index is -1.11. The van der Waals surface area contributed by atoms with E-state index in [9.17, 15) is 9.59 Å². The predicted octanol–water partition coefficient (Wildman–Crippen LogP) is -0.386. The van der Waals surface area contributed by atoms with Gasteiger partial charge in [-0.1, -0.05) is 5.92 Å². The second kappa shape index (κ2) is 6.00. The summed E-state index contributed by atoms with van der Waals surface area (Å²) < 4.78 is 4.89. The molecule has 1 amide bonds. The summed E-state index contributed by atoms with van der Waals surface area (Å²) in [4.78, 5) is 21.5. The van der Waals surface area contributed by atoms with Gasteiger partial charge in [-0.25, -0.2) is 4.79 Å². The molecule has 0 aliphatic heterocycles. The number of carbonyl (C=O) groups excluding carboxylic acids is 1. The number of carboxylic acid groups (broad SMARTS) is 1. The number of carboxylic acids is 1. The van der Waals surface area contributed by atoms with Gasteiger partial charge in [0.2, 0.25) is 5.91 Å². The van der Waals surface area contributed by atoms with Crippen molar-refractivity contribution in [1.29, 1.82) is 0 Å². The SMILES string of the molecule is C#CCNC(=O)C(C)OC(C)C(=O)O. The summed E-state index contributed by atoms with van der Waals surface area (Å²) >= 11 is 0. The van der Waals surface area contributed by atoms with Crippen LogP contribution in [0.15, 0.2) is 0 Å². The Morgan fingerprint density at radius 3 is 2.50 bits per heavy atom. The number of hydrogen-bond acceptors (Lipinski definition) is 3. The molecule has 0 saturated heterocycles. The van der Waals surface area contributed by atoms with Crippen LogP contribution < -0.4 is 5.32 Å². The van der Waals surface area contributed by atoms with Gasteiger partial charge in [0.25, 0.3) is 0 Å². The smallest absolute Gasteiger partial charge is 0.332 e. The first kappa shape index (κ1) is 12.5. The maximum atomic E-state index is 11.1. The summed E-state index contributed by atoms with van der Waals surface area (Å²) in [5.41, 5.74) is 0. The summed E-state index contributed by atoms with van der Waals surface area (Å²) in [7, 11) is 0. The Labute approximate surface area is 82.4 Å². The van der Waals surface area contributed by atoms with Crippen molar-refractivity contribution in [2.75, 3.05) is 6.54 Å². The number of rotatable bonds is 5. The molecule has 2 atom stereocenters. The fraction of sp³-hybridized carbons (Fsp3) is 0.556. The Bertz CT molecular complexity index is 256. The van der Waals surface area contributed by atoms with Gasteiger partial charge in [0, 0.05) is 0 Å². The molecule has 2 unspecified atom stereocenters. The van der Waals surface area contributed by atoms with Crippen LogP contribution in [0.5, 0.6) is 0 Å². The van der Waals surface area contributed by atoms with E-state index in [1.807, 2.05) is 0 Å². The van der Waals surface area contributed by atoms with E-state index in [1.54, 1.807) is 0 Å². The van der Waals surface area contributed by atoms with Crippen molar-refractivity contribution in [1.82, 2.24) is 5.32 Å². The van der Waals surface area contributed by atoms with Crippen molar-refractivity contribution >= 4 is 11.9 Å². The van der Waals surface area contributed by atoms with Crippen LogP contribution in [-0.2, 0) is 14.3 Å². The van der Waals surface area contributed by atoms with Crippen LogP contribution >= 0.6 is 0 Å². The molecule has 0 spiro atoms. The first-order valence-electron chi connectivity index (χ1n) is 4.08. The van der Waals surface area contributed by atoms with E-state index in [0.717, 1.165) is 0 Å². The third-order valence-corrected chi connectivity index (χ3v) is 1.49. The van der Waals surface area contributed by atoms with Crippen LogP contribution in [-0.4, -0.2) is 35.7 Å². The molecule has 5 nitrogen and oxygen atoms in total. The zero-order valence-electron chi connectivity index (χ0n) is 8.11. The Balaban J connectivity index is 3.96. The second-order valence-corrected chi connectivity index (χ2v) is 2.68. The summed E-state index contributed by atoms with van der Waals surface area (Å²) in [6.45, 7) is 2.92. The van der Waals surface area contributed by atoms with E-state index in [2.05, 4.69) is 11.2 Å². The molecule has 0 radical (unpaired) electrons. The highest BCUT2D eigenvalue weighted by Crippen LogP contribution is 1.98. The monoisotopic (exact) mass is 199 g/mol. The fourth-order valence-electron chi connectivity index (χ4n) is 0.708. The Morgan fingerprint density at radius 1 is 1.50 bits per heavy atom. The van der Waals surface area contributed by atoms with Crippen LogP contribution in [0.2, 0.25) is 0 Å². The Morgan fingerprint density at radius 2 is 2.07 bits per heavy atom. The van der Waals surface area contributed by atoms with E-state index in [-0.39, 0.29) is 6.54 Å². The standard InChI is InChI=1S/C9H13NO4/c1-4-5-10-8(11)6(2)14-7(3)9(12)13/h1,6-7H,5H2,2-3H3,(H,10,11)(H,12,13). The summed E-state index contributed by atoms with van der Waals surface area (Å²) in [5.74, 6) is 0.696. The van der Waals surface area contributed by atoms with Gasteiger partial charge in [-0.05, 0) is 13.8 Å². The molecular weight excluding hydrogens is 186 g/mol. The lowest BCUT2D eigenvalue weighted by molar-refractivity contribution is -0.155. The van der Waals surface area contributed by atoms with E-state index >= 15 is 0 Å². The minimum Gasteiger partial charge on any atom is -0.479 e. The molecule has 0 aromatic rings. The predicted molar refractivity (Wildman–Crippen MR) is 49.5 cm³/mol.